The first kappa shape index (κ1) is 12.5. The molecule has 3 rings (SSSR count). The Hall–Kier alpha value is -1.50. The number of hydrogen-bond acceptors (Lipinski definition) is 3. The molecule has 0 aliphatic heterocycles. The minimum atomic E-state index is 0.0266. The maximum absolute atomic E-state index is 6.06. The van der Waals surface area contributed by atoms with Gasteiger partial charge < -0.3 is 14.7 Å². The summed E-state index contributed by atoms with van der Waals surface area (Å²) in [5.74, 6) is 2.31. The Kier molecular flexibility index (Phi) is 3.00. The van der Waals surface area contributed by atoms with Crippen LogP contribution in [-0.4, -0.2) is 9.55 Å². The molecule has 0 radical (unpaired) electrons. The molecule has 0 saturated heterocycles. The molecule has 0 fully saturated rings. The number of benzene rings is 1. The number of imidazole rings is 1. The Morgan fingerprint density at radius 3 is 2.79 bits per heavy atom. The number of anilines is 1. The fourth-order valence-electron chi connectivity index (χ4n) is 2.30. The number of nitrogen functional groups attached to an aromatic ring is 1. The quantitative estimate of drug-likeness (QED) is 0.703. The summed E-state index contributed by atoms with van der Waals surface area (Å²) in [6.45, 7) is 4.00. The normalized spacial score (nSPS) is 13.0. The van der Waals surface area contributed by atoms with Gasteiger partial charge in [0.2, 0.25) is 5.95 Å². The SMILES string of the molecule is Cc1ccc(C(C)n2c(N)nc3cc(I)ccc32)o1. The van der Waals surface area contributed by atoms with Crippen LogP contribution in [0.1, 0.15) is 24.5 Å². The van der Waals surface area contributed by atoms with Gasteiger partial charge in [0.1, 0.15) is 11.5 Å². The van der Waals surface area contributed by atoms with Gasteiger partial charge >= 0.3 is 0 Å². The predicted molar refractivity (Wildman–Crippen MR) is 84.1 cm³/mol. The van der Waals surface area contributed by atoms with Gasteiger partial charge in [0.25, 0.3) is 0 Å². The van der Waals surface area contributed by atoms with Gasteiger partial charge in [0.15, 0.2) is 0 Å². The molecule has 19 heavy (non-hydrogen) atoms. The number of fused-ring (bicyclic) bond motifs is 1. The number of nitrogens with zero attached hydrogens (tertiary/aromatic N) is 2. The summed E-state index contributed by atoms with van der Waals surface area (Å²) in [5.41, 5.74) is 8.00. The van der Waals surface area contributed by atoms with Gasteiger partial charge in [0.05, 0.1) is 17.1 Å². The molecular formula is C14H14IN3O. The average Bonchev–Trinajstić information content (AvgIpc) is 2.91. The van der Waals surface area contributed by atoms with E-state index in [0.29, 0.717) is 5.95 Å². The maximum atomic E-state index is 6.06. The highest BCUT2D eigenvalue weighted by molar-refractivity contribution is 14.1. The number of nitrogens with two attached hydrogens (primary N) is 1. The third-order valence-corrected chi connectivity index (χ3v) is 3.91. The first-order valence-corrected chi connectivity index (χ1v) is 7.13. The summed E-state index contributed by atoms with van der Waals surface area (Å²) < 4.78 is 8.84. The highest BCUT2D eigenvalue weighted by Gasteiger charge is 2.18. The molecule has 0 aliphatic carbocycles. The molecule has 0 spiro atoms. The number of rotatable bonds is 2. The number of halogens is 1. The number of furan rings is 1. The summed E-state index contributed by atoms with van der Waals surface area (Å²) in [4.78, 5) is 4.42. The maximum Gasteiger partial charge on any atom is 0.201 e. The average molecular weight is 367 g/mol. The standard InChI is InChI=1S/C14H14IN3O/c1-8-3-6-13(19-8)9(2)18-12-5-4-10(15)7-11(12)17-14(18)16/h3-7,9H,1-2H3,(H2,16,17). The van der Waals surface area contributed by atoms with Gasteiger partial charge in [-0.05, 0) is 66.8 Å². The lowest BCUT2D eigenvalue weighted by Crippen LogP contribution is -2.09. The van der Waals surface area contributed by atoms with E-state index >= 15 is 0 Å². The Labute approximate surface area is 124 Å². The van der Waals surface area contributed by atoms with Crippen LogP contribution >= 0.6 is 22.6 Å². The van der Waals surface area contributed by atoms with Crippen molar-refractivity contribution in [1.29, 1.82) is 0 Å². The van der Waals surface area contributed by atoms with Crippen LogP contribution in [0.2, 0.25) is 0 Å². The van der Waals surface area contributed by atoms with Crippen LogP contribution < -0.4 is 5.73 Å². The highest BCUT2D eigenvalue weighted by atomic mass is 127. The molecule has 2 heterocycles. The second-order valence-corrected chi connectivity index (χ2v) is 5.84. The minimum Gasteiger partial charge on any atom is -0.464 e. The monoisotopic (exact) mass is 367 g/mol. The van der Waals surface area contributed by atoms with Crippen LogP contribution in [0.15, 0.2) is 34.7 Å². The molecule has 1 unspecified atom stereocenters. The van der Waals surface area contributed by atoms with Crippen LogP contribution in [0.5, 0.6) is 0 Å². The largest absolute Gasteiger partial charge is 0.464 e. The van der Waals surface area contributed by atoms with Gasteiger partial charge in [0, 0.05) is 3.57 Å². The van der Waals surface area contributed by atoms with Gasteiger partial charge in [-0.1, -0.05) is 0 Å². The molecule has 2 N–H and O–H groups in total. The molecule has 3 aromatic rings. The molecule has 0 bridgehead atoms. The van der Waals surface area contributed by atoms with Crippen LogP contribution in [0.4, 0.5) is 5.95 Å². The molecular weight excluding hydrogens is 353 g/mol. The summed E-state index contributed by atoms with van der Waals surface area (Å²) in [5, 5.41) is 0. The second kappa shape index (κ2) is 4.56. The zero-order valence-electron chi connectivity index (χ0n) is 10.7. The fraction of sp³-hybridized carbons (Fsp3) is 0.214. The second-order valence-electron chi connectivity index (χ2n) is 4.60. The molecule has 4 nitrogen and oxygen atoms in total. The van der Waals surface area contributed by atoms with E-state index in [1.807, 2.05) is 35.8 Å². The van der Waals surface area contributed by atoms with Crippen molar-refractivity contribution in [2.45, 2.75) is 19.9 Å². The van der Waals surface area contributed by atoms with Crippen molar-refractivity contribution in [2.75, 3.05) is 5.73 Å². The number of aryl methyl sites for hydroxylation is 1. The van der Waals surface area contributed by atoms with Crippen molar-refractivity contribution in [3.05, 3.63) is 45.4 Å². The van der Waals surface area contributed by atoms with Gasteiger partial charge in [-0.15, -0.1) is 0 Å². The van der Waals surface area contributed by atoms with Gasteiger partial charge in [-0.3, -0.25) is 0 Å². The van der Waals surface area contributed by atoms with Gasteiger partial charge in [-0.25, -0.2) is 4.98 Å². The lowest BCUT2D eigenvalue weighted by Gasteiger charge is -2.13. The fourth-order valence-corrected chi connectivity index (χ4v) is 2.78. The first-order valence-electron chi connectivity index (χ1n) is 6.05. The molecule has 0 saturated carbocycles. The first-order chi connectivity index (χ1) is 9.06. The lowest BCUT2D eigenvalue weighted by atomic mass is 10.2. The Balaban J connectivity index is 2.16. The van der Waals surface area contributed by atoms with Gasteiger partial charge in [-0.2, -0.15) is 0 Å². The molecule has 1 aromatic carbocycles. The summed E-state index contributed by atoms with van der Waals surface area (Å²) in [6.07, 6.45) is 0. The molecule has 0 aliphatic rings. The van der Waals surface area contributed by atoms with Crippen LogP contribution in [0, 0.1) is 10.5 Å². The number of hydrogen-bond donors (Lipinski definition) is 1. The van der Waals surface area contributed by atoms with E-state index in [1.54, 1.807) is 0 Å². The number of aromatic nitrogens is 2. The van der Waals surface area contributed by atoms with Crippen molar-refractivity contribution in [3.63, 3.8) is 0 Å². The van der Waals surface area contributed by atoms with Crippen LogP contribution in [0.3, 0.4) is 0 Å². The summed E-state index contributed by atoms with van der Waals surface area (Å²) >= 11 is 2.27. The molecule has 5 heteroatoms. The summed E-state index contributed by atoms with van der Waals surface area (Å²) in [7, 11) is 0. The third kappa shape index (κ3) is 2.11. The Morgan fingerprint density at radius 1 is 1.32 bits per heavy atom. The molecule has 2 aromatic heterocycles. The lowest BCUT2D eigenvalue weighted by molar-refractivity contribution is 0.435. The smallest absolute Gasteiger partial charge is 0.201 e. The molecule has 0 amide bonds. The van der Waals surface area contributed by atoms with Crippen molar-refractivity contribution in [2.24, 2.45) is 0 Å². The van der Waals surface area contributed by atoms with E-state index in [-0.39, 0.29) is 6.04 Å². The minimum absolute atomic E-state index is 0.0266. The summed E-state index contributed by atoms with van der Waals surface area (Å²) in [6, 6.07) is 10.1. The van der Waals surface area contributed by atoms with Crippen molar-refractivity contribution in [1.82, 2.24) is 9.55 Å². The Morgan fingerprint density at radius 2 is 2.11 bits per heavy atom. The van der Waals surface area contributed by atoms with Crippen molar-refractivity contribution >= 4 is 39.6 Å². The Bertz CT molecular complexity index is 744. The van der Waals surface area contributed by atoms with E-state index in [9.17, 15) is 0 Å². The van der Waals surface area contributed by atoms with E-state index in [0.717, 1.165) is 26.1 Å². The third-order valence-electron chi connectivity index (χ3n) is 3.24. The van der Waals surface area contributed by atoms with Crippen molar-refractivity contribution in [3.8, 4) is 0 Å². The van der Waals surface area contributed by atoms with Crippen LogP contribution in [0.25, 0.3) is 11.0 Å². The van der Waals surface area contributed by atoms with Crippen molar-refractivity contribution < 1.29 is 4.42 Å². The zero-order chi connectivity index (χ0) is 13.6. The molecule has 98 valence electrons. The van der Waals surface area contributed by atoms with E-state index in [4.69, 9.17) is 10.2 Å². The van der Waals surface area contributed by atoms with Crippen LogP contribution in [-0.2, 0) is 0 Å². The highest BCUT2D eigenvalue weighted by Crippen LogP contribution is 2.28. The van der Waals surface area contributed by atoms with E-state index < -0.39 is 0 Å². The predicted octanol–water partition coefficient (Wildman–Crippen LogP) is 3.73. The van der Waals surface area contributed by atoms with E-state index in [1.165, 1.54) is 0 Å². The van der Waals surface area contributed by atoms with E-state index in [2.05, 4.69) is 40.6 Å². The molecule has 1 atom stereocenters. The topological polar surface area (TPSA) is 57.0 Å². The zero-order valence-corrected chi connectivity index (χ0v) is 12.9.